The van der Waals surface area contributed by atoms with E-state index >= 15 is 0 Å². The molecule has 1 aromatic rings. The summed E-state index contributed by atoms with van der Waals surface area (Å²) in [5.74, 6) is -0.0929. The van der Waals surface area contributed by atoms with Crippen molar-refractivity contribution in [3.8, 4) is 0 Å². The van der Waals surface area contributed by atoms with Crippen LogP contribution in [0, 0.1) is 0 Å². The fourth-order valence-electron chi connectivity index (χ4n) is 1.56. The van der Waals surface area contributed by atoms with E-state index in [2.05, 4.69) is 5.32 Å². The molecule has 92 valence electrons. The van der Waals surface area contributed by atoms with Crippen LogP contribution in [0.15, 0.2) is 30.3 Å². The summed E-state index contributed by atoms with van der Waals surface area (Å²) in [7, 11) is 0. The summed E-state index contributed by atoms with van der Waals surface area (Å²) in [6.07, 6.45) is 1.85. The van der Waals surface area contributed by atoms with E-state index in [1.165, 1.54) is 6.92 Å². The molecule has 3 heteroatoms. The zero-order valence-electron chi connectivity index (χ0n) is 10.7. The number of hydrogen-bond donors (Lipinski definition) is 2. The molecule has 0 radical (unpaired) electrons. The van der Waals surface area contributed by atoms with Gasteiger partial charge in [-0.3, -0.25) is 4.79 Å². The molecule has 0 aliphatic heterocycles. The lowest BCUT2D eigenvalue weighted by Crippen LogP contribution is -2.18. The highest BCUT2D eigenvalue weighted by atomic mass is 16.3. The molecule has 1 amide bonds. The lowest BCUT2D eigenvalue weighted by Gasteiger charge is -2.18. The Morgan fingerprint density at radius 1 is 1.29 bits per heavy atom. The van der Waals surface area contributed by atoms with Crippen LogP contribution in [-0.4, -0.2) is 11.0 Å². The highest BCUT2D eigenvalue weighted by Crippen LogP contribution is 2.21. The highest BCUT2D eigenvalue weighted by Gasteiger charge is 2.15. The monoisotopic (exact) mass is 233 g/mol. The van der Waals surface area contributed by atoms with Gasteiger partial charge >= 0.3 is 0 Å². The number of aliphatic hydroxyl groups is 1. The minimum absolute atomic E-state index is 0.0929. The molecular weight excluding hydrogens is 214 g/mol. The number of allylic oxidation sites excluding steroid dienone is 1. The smallest absolute Gasteiger partial charge is 0.221 e. The van der Waals surface area contributed by atoms with E-state index in [0.29, 0.717) is 0 Å². The van der Waals surface area contributed by atoms with Crippen molar-refractivity contribution in [2.75, 3.05) is 0 Å². The SMILES string of the molecule is CC=C(NC(C)=O)c1ccc(C(C)(C)O)cc1. The van der Waals surface area contributed by atoms with Crippen LogP contribution in [0.4, 0.5) is 0 Å². The van der Waals surface area contributed by atoms with Crippen LogP contribution in [0.2, 0.25) is 0 Å². The van der Waals surface area contributed by atoms with Crippen molar-refractivity contribution in [3.63, 3.8) is 0 Å². The van der Waals surface area contributed by atoms with Crippen LogP contribution < -0.4 is 5.32 Å². The Hall–Kier alpha value is -1.61. The second kappa shape index (κ2) is 5.15. The van der Waals surface area contributed by atoms with Crippen molar-refractivity contribution in [1.82, 2.24) is 5.32 Å². The Balaban J connectivity index is 2.98. The second-order valence-electron chi connectivity index (χ2n) is 4.52. The van der Waals surface area contributed by atoms with Gasteiger partial charge in [-0.2, -0.15) is 0 Å². The standard InChI is InChI=1S/C14H19NO2/c1-5-13(15-10(2)16)11-6-8-12(9-7-11)14(3,4)17/h5-9,17H,1-4H3,(H,15,16). The summed E-state index contributed by atoms with van der Waals surface area (Å²) < 4.78 is 0. The van der Waals surface area contributed by atoms with E-state index in [1.807, 2.05) is 37.3 Å². The molecule has 0 unspecified atom stereocenters. The molecule has 1 rings (SSSR count). The largest absolute Gasteiger partial charge is 0.386 e. The van der Waals surface area contributed by atoms with Gasteiger partial charge in [-0.25, -0.2) is 0 Å². The van der Waals surface area contributed by atoms with Crippen molar-refractivity contribution in [3.05, 3.63) is 41.5 Å². The zero-order valence-corrected chi connectivity index (χ0v) is 10.7. The molecule has 0 aromatic heterocycles. The molecule has 0 fully saturated rings. The van der Waals surface area contributed by atoms with Crippen LogP contribution >= 0.6 is 0 Å². The zero-order chi connectivity index (χ0) is 13.1. The van der Waals surface area contributed by atoms with E-state index in [0.717, 1.165) is 16.8 Å². The van der Waals surface area contributed by atoms with Crippen molar-refractivity contribution in [1.29, 1.82) is 0 Å². The van der Waals surface area contributed by atoms with Crippen molar-refractivity contribution < 1.29 is 9.90 Å². The minimum atomic E-state index is -0.845. The van der Waals surface area contributed by atoms with Gasteiger partial charge in [0.2, 0.25) is 5.91 Å². The van der Waals surface area contributed by atoms with Crippen LogP contribution in [0.25, 0.3) is 5.70 Å². The number of amides is 1. The van der Waals surface area contributed by atoms with Crippen molar-refractivity contribution >= 4 is 11.6 Å². The molecule has 0 aliphatic carbocycles. The summed E-state index contributed by atoms with van der Waals surface area (Å²) in [5, 5.41) is 12.6. The molecule has 0 atom stereocenters. The number of benzene rings is 1. The van der Waals surface area contributed by atoms with Gasteiger partial charge in [0.05, 0.1) is 5.60 Å². The number of carbonyl (C=O) groups excluding carboxylic acids is 1. The molecule has 17 heavy (non-hydrogen) atoms. The average Bonchev–Trinajstić information content (AvgIpc) is 2.24. The van der Waals surface area contributed by atoms with Gasteiger partial charge in [0.25, 0.3) is 0 Å². The summed E-state index contributed by atoms with van der Waals surface area (Å²) in [4.78, 5) is 11.0. The van der Waals surface area contributed by atoms with Gasteiger partial charge in [0.1, 0.15) is 0 Å². The highest BCUT2D eigenvalue weighted by molar-refractivity contribution is 5.84. The molecule has 3 nitrogen and oxygen atoms in total. The quantitative estimate of drug-likeness (QED) is 0.842. The summed E-state index contributed by atoms with van der Waals surface area (Å²) >= 11 is 0. The van der Waals surface area contributed by atoms with E-state index < -0.39 is 5.60 Å². The van der Waals surface area contributed by atoms with Gasteiger partial charge in [-0.1, -0.05) is 30.3 Å². The van der Waals surface area contributed by atoms with E-state index in [9.17, 15) is 9.90 Å². The van der Waals surface area contributed by atoms with Crippen LogP contribution in [-0.2, 0) is 10.4 Å². The Bertz CT molecular complexity index is 425. The number of nitrogens with one attached hydrogen (secondary N) is 1. The number of carbonyl (C=O) groups is 1. The van der Waals surface area contributed by atoms with E-state index in [1.54, 1.807) is 13.8 Å². The Morgan fingerprint density at radius 3 is 2.18 bits per heavy atom. The third-order valence-electron chi connectivity index (χ3n) is 2.50. The summed E-state index contributed by atoms with van der Waals surface area (Å²) in [6.45, 7) is 6.84. The molecule has 0 spiro atoms. The van der Waals surface area contributed by atoms with Gasteiger partial charge in [-0.15, -0.1) is 0 Å². The fourth-order valence-corrected chi connectivity index (χ4v) is 1.56. The summed E-state index contributed by atoms with van der Waals surface area (Å²) in [5.41, 5.74) is 1.71. The first kappa shape index (κ1) is 13.5. The van der Waals surface area contributed by atoms with Gasteiger partial charge in [-0.05, 0) is 31.9 Å². The molecule has 0 saturated heterocycles. The van der Waals surface area contributed by atoms with E-state index in [-0.39, 0.29) is 5.91 Å². The normalized spacial score (nSPS) is 12.4. The maximum Gasteiger partial charge on any atom is 0.221 e. The van der Waals surface area contributed by atoms with Gasteiger partial charge in [0.15, 0.2) is 0 Å². The number of rotatable bonds is 3. The van der Waals surface area contributed by atoms with Crippen molar-refractivity contribution in [2.45, 2.75) is 33.3 Å². The third-order valence-corrected chi connectivity index (χ3v) is 2.50. The lowest BCUT2D eigenvalue weighted by molar-refractivity contribution is -0.117. The lowest BCUT2D eigenvalue weighted by atomic mass is 9.97. The molecule has 0 saturated carbocycles. The Morgan fingerprint density at radius 2 is 1.82 bits per heavy atom. The van der Waals surface area contributed by atoms with Crippen LogP contribution in [0.3, 0.4) is 0 Å². The van der Waals surface area contributed by atoms with Gasteiger partial charge < -0.3 is 10.4 Å². The minimum Gasteiger partial charge on any atom is -0.386 e. The molecular formula is C14H19NO2. The Labute approximate surface area is 102 Å². The first-order valence-corrected chi connectivity index (χ1v) is 5.62. The molecule has 0 aliphatic rings. The predicted octanol–water partition coefficient (Wildman–Crippen LogP) is 2.41. The summed E-state index contributed by atoms with van der Waals surface area (Å²) in [6, 6.07) is 7.50. The molecule has 0 heterocycles. The Kier molecular flexibility index (Phi) is 4.07. The van der Waals surface area contributed by atoms with Crippen molar-refractivity contribution in [2.24, 2.45) is 0 Å². The average molecular weight is 233 g/mol. The van der Waals surface area contributed by atoms with Crippen LogP contribution in [0.1, 0.15) is 38.8 Å². The van der Waals surface area contributed by atoms with Crippen LogP contribution in [0.5, 0.6) is 0 Å². The first-order chi connectivity index (χ1) is 7.84. The topological polar surface area (TPSA) is 49.3 Å². The fraction of sp³-hybridized carbons (Fsp3) is 0.357. The molecule has 2 N–H and O–H groups in total. The van der Waals surface area contributed by atoms with E-state index in [4.69, 9.17) is 0 Å². The maximum absolute atomic E-state index is 11.0. The predicted molar refractivity (Wildman–Crippen MR) is 69.2 cm³/mol. The first-order valence-electron chi connectivity index (χ1n) is 5.62. The molecule has 0 bridgehead atoms. The second-order valence-corrected chi connectivity index (χ2v) is 4.52. The van der Waals surface area contributed by atoms with Gasteiger partial charge in [0, 0.05) is 12.6 Å². The maximum atomic E-state index is 11.0. The molecule has 1 aromatic carbocycles. The number of hydrogen-bond acceptors (Lipinski definition) is 2. The third kappa shape index (κ3) is 3.71.